The van der Waals surface area contributed by atoms with Crippen LogP contribution in [0.3, 0.4) is 0 Å². The fraction of sp³-hybridized carbons (Fsp3) is 0.196. The van der Waals surface area contributed by atoms with Crippen LogP contribution >= 0.6 is 11.8 Å². The molecule has 4 atom stereocenters. The Labute approximate surface area is 350 Å². The van der Waals surface area contributed by atoms with Crippen molar-refractivity contribution in [2.45, 2.75) is 34.4 Å². The number of carbonyl (C=O) groups is 5. The Balaban J connectivity index is 1.08. The number of urea groups is 1. The van der Waals surface area contributed by atoms with E-state index in [0.29, 0.717) is 27.8 Å². The van der Waals surface area contributed by atoms with Crippen molar-refractivity contribution in [3.8, 4) is 6.07 Å². The molecule has 13 nitrogen and oxygen atoms in total. The van der Waals surface area contributed by atoms with Crippen molar-refractivity contribution in [2.75, 3.05) is 19.6 Å². The van der Waals surface area contributed by atoms with Gasteiger partial charge in [-0.25, -0.2) is 14.6 Å². The SMILES string of the molecule is N#C/C=N/N1CCN([C@]2(C(=O)OC(c3ccccc3)c3ccccc3)CN3C(=O)[C@@H](NC(=O)C(C(=O)OC(c4ccccc4)c4ccccc4)c4ccccc4)[C@H]3S2)C1=O. The predicted octanol–water partition coefficient (Wildman–Crippen LogP) is 5.78. The lowest BCUT2D eigenvalue weighted by Crippen LogP contribution is -2.68. The van der Waals surface area contributed by atoms with Gasteiger partial charge in [0.05, 0.1) is 13.1 Å². The highest BCUT2D eigenvalue weighted by Crippen LogP contribution is 2.51. The molecule has 300 valence electrons. The number of carbonyl (C=O) groups excluding carboxylic acids is 5. The van der Waals surface area contributed by atoms with Crippen LogP contribution in [-0.2, 0) is 28.7 Å². The van der Waals surface area contributed by atoms with Crippen LogP contribution in [0.1, 0.15) is 45.9 Å². The molecule has 0 bridgehead atoms. The molecule has 0 saturated carbocycles. The zero-order valence-electron chi connectivity index (χ0n) is 32.0. The van der Waals surface area contributed by atoms with Gasteiger partial charge in [-0.2, -0.15) is 10.4 Å². The number of β-lactam (4-membered cyclic amide) rings is 1. The zero-order valence-corrected chi connectivity index (χ0v) is 32.8. The van der Waals surface area contributed by atoms with Gasteiger partial charge in [-0.15, -0.1) is 0 Å². The van der Waals surface area contributed by atoms with Crippen LogP contribution in [0.2, 0.25) is 0 Å². The fourth-order valence-electron chi connectivity index (χ4n) is 7.69. The van der Waals surface area contributed by atoms with Crippen molar-refractivity contribution < 1.29 is 33.4 Å². The highest BCUT2D eigenvalue weighted by atomic mass is 32.2. The first-order chi connectivity index (χ1) is 29.3. The van der Waals surface area contributed by atoms with Gasteiger partial charge in [0.25, 0.3) is 0 Å². The summed E-state index contributed by atoms with van der Waals surface area (Å²) in [6.07, 6.45) is -0.772. The summed E-state index contributed by atoms with van der Waals surface area (Å²) in [6, 6.07) is 45.1. The number of fused-ring (bicyclic) bond motifs is 1. The van der Waals surface area contributed by atoms with Crippen LogP contribution in [0.25, 0.3) is 0 Å². The third-order valence-electron chi connectivity index (χ3n) is 10.6. The minimum absolute atomic E-state index is 0.0305. The van der Waals surface area contributed by atoms with Crippen LogP contribution in [0.4, 0.5) is 4.79 Å². The van der Waals surface area contributed by atoms with Gasteiger partial charge in [0.2, 0.25) is 16.7 Å². The molecule has 14 heteroatoms. The topological polar surface area (TPSA) is 162 Å². The molecular formula is C46H38N6O7S. The van der Waals surface area contributed by atoms with Crippen LogP contribution in [0.5, 0.6) is 0 Å². The van der Waals surface area contributed by atoms with Crippen LogP contribution in [0, 0.1) is 11.3 Å². The lowest BCUT2D eigenvalue weighted by atomic mass is 9.96. The lowest BCUT2D eigenvalue weighted by molar-refractivity contribution is -0.159. The van der Waals surface area contributed by atoms with Crippen LogP contribution in [-0.4, -0.2) is 86.7 Å². The van der Waals surface area contributed by atoms with Crippen molar-refractivity contribution >= 4 is 47.8 Å². The van der Waals surface area contributed by atoms with E-state index in [4.69, 9.17) is 14.7 Å². The van der Waals surface area contributed by atoms with Gasteiger partial charge >= 0.3 is 18.0 Å². The van der Waals surface area contributed by atoms with E-state index in [-0.39, 0.29) is 19.6 Å². The Morgan fingerprint density at radius 3 is 1.67 bits per heavy atom. The van der Waals surface area contributed by atoms with Crippen LogP contribution < -0.4 is 5.32 Å². The number of benzene rings is 5. The number of hydrazone groups is 1. The van der Waals surface area contributed by atoms with E-state index < -0.39 is 64.2 Å². The maximum absolute atomic E-state index is 14.8. The number of hydrogen-bond donors (Lipinski definition) is 1. The predicted molar refractivity (Wildman–Crippen MR) is 221 cm³/mol. The van der Waals surface area contributed by atoms with Gasteiger partial charge in [0.1, 0.15) is 23.7 Å². The van der Waals surface area contributed by atoms with Crippen molar-refractivity contribution in [1.82, 2.24) is 20.1 Å². The summed E-state index contributed by atoms with van der Waals surface area (Å²) in [7, 11) is 0. The van der Waals surface area contributed by atoms with Gasteiger partial charge in [-0.05, 0) is 27.8 Å². The van der Waals surface area contributed by atoms with E-state index in [0.717, 1.165) is 23.0 Å². The van der Waals surface area contributed by atoms with E-state index in [1.165, 1.54) is 9.80 Å². The number of esters is 2. The second-order valence-corrected chi connectivity index (χ2v) is 15.7. The lowest BCUT2D eigenvalue weighted by Gasteiger charge is -2.41. The third kappa shape index (κ3) is 7.70. The molecule has 5 aromatic rings. The van der Waals surface area contributed by atoms with Crippen molar-refractivity contribution in [1.29, 1.82) is 5.26 Å². The minimum atomic E-state index is -1.77. The third-order valence-corrected chi connectivity index (χ3v) is 12.3. The van der Waals surface area contributed by atoms with Gasteiger partial charge in [0, 0.05) is 6.54 Å². The normalized spacial score (nSPS) is 20.1. The molecule has 60 heavy (non-hydrogen) atoms. The molecular weight excluding hydrogens is 781 g/mol. The number of rotatable bonds is 13. The summed E-state index contributed by atoms with van der Waals surface area (Å²) in [5.41, 5.74) is 3.14. The van der Waals surface area contributed by atoms with Gasteiger partial charge in [-0.1, -0.05) is 163 Å². The molecule has 8 rings (SSSR count). The number of nitrogens with zero attached hydrogens (tertiary/aromatic N) is 5. The first-order valence-corrected chi connectivity index (χ1v) is 20.1. The van der Waals surface area contributed by atoms with Gasteiger partial charge in [0.15, 0.2) is 18.1 Å². The Morgan fingerprint density at radius 2 is 1.18 bits per heavy atom. The molecule has 3 aliphatic heterocycles. The molecule has 5 aromatic carbocycles. The fourth-order valence-corrected chi connectivity index (χ4v) is 9.37. The maximum Gasteiger partial charge on any atom is 0.345 e. The summed E-state index contributed by atoms with van der Waals surface area (Å²) >= 11 is 1.01. The number of hydrogen-bond acceptors (Lipinski definition) is 10. The van der Waals surface area contributed by atoms with Gasteiger partial charge < -0.3 is 19.7 Å². The number of nitriles is 1. The second kappa shape index (κ2) is 17.3. The van der Waals surface area contributed by atoms with Gasteiger partial charge in [-0.3, -0.25) is 19.3 Å². The first kappa shape index (κ1) is 39.6. The molecule has 3 heterocycles. The second-order valence-electron chi connectivity index (χ2n) is 14.3. The van der Waals surface area contributed by atoms with Crippen molar-refractivity contribution in [3.63, 3.8) is 0 Å². The molecule has 0 spiro atoms. The largest absolute Gasteiger partial charge is 0.452 e. The standard InChI is InChI=1S/C46H38N6O7S/c47-26-27-48-52-29-28-51(45(52)57)46(44(56)59-39(34-22-12-4-13-23-34)35-24-14-5-15-25-35)30-50-41(54)37(42(50)60-46)49-40(53)36(31-16-6-1-7-17-31)43(55)58-38(32-18-8-2-9-19-32)33-20-10-3-11-21-33/h1-25,27,36-39,42H,28-30H2,(H,49,53)/b48-27+/t36?,37-,42-,46-/m1/s1. The Morgan fingerprint density at radius 1 is 0.717 bits per heavy atom. The quantitative estimate of drug-likeness (QED) is 0.0672. The molecule has 1 unspecified atom stereocenters. The van der Waals surface area contributed by atoms with Crippen molar-refractivity contribution in [3.05, 3.63) is 179 Å². The Kier molecular flexibility index (Phi) is 11.4. The summed E-state index contributed by atoms with van der Waals surface area (Å²) in [6.45, 7) is -0.146. The molecule has 1 N–H and O–H groups in total. The molecule has 3 saturated heterocycles. The van der Waals surface area contributed by atoms with E-state index >= 15 is 0 Å². The monoisotopic (exact) mass is 818 g/mol. The number of amides is 4. The van der Waals surface area contributed by atoms with E-state index in [1.54, 1.807) is 36.4 Å². The number of thioether (sulfide) groups is 1. The highest BCUT2D eigenvalue weighted by Gasteiger charge is 2.67. The molecule has 3 fully saturated rings. The molecule has 0 radical (unpaired) electrons. The number of ether oxygens (including phenoxy) is 2. The van der Waals surface area contributed by atoms with Crippen molar-refractivity contribution in [2.24, 2.45) is 5.10 Å². The van der Waals surface area contributed by atoms with E-state index in [9.17, 15) is 24.0 Å². The maximum atomic E-state index is 14.8. The smallest absolute Gasteiger partial charge is 0.345 e. The summed E-state index contributed by atoms with van der Waals surface area (Å²) in [4.78, 5) is 72.3. The van der Waals surface area contributed by atoms with Crippen LogP contribution in [0.15, 0.2) is 157 Å². The highest BCUT2D eigenvalue weighted by molar-refractivity contribution is 8.02. The average molecular weight is 819 g/mol. The molecule has 4 amide bonds. The van der Waals surface area contributed by atoms with E-state index in [1.807, 2.05) is 121 Å². The first-order valence-electron chi connectivity index (χ1n) is 19.3. The molecule has 0 aliphatic carbocycles. The summed E-state index contributed by atoms with van der Waals surface area (Å²) in [5.74, 6) is -4.35. The summed E-state index contributed by atoms with van der Waals surface area (Å²) in [5, 5.41) is 16.1. The summed E-state index contributed by atoms with van der Waals surface area (Å²) < 4.78 is 12.5. The molecule has 0 aromatic heterocycles. The zero-order chi connectivity index (χ0) is 41.6. The van der Waals surface area contributed by atoms with E-state index in [2.05, 4.69) is 10.4 Å². The average Bonchev–Trinajstić information content (AvgIpc) is 3.86. The number of nitrogens with one attached hydrogen (secondary N) is 1. The minimum Gasteiger partial charge on any atom is -0.452 e. The Bertz CT molecular complexity index is 2360. The Hall–Kier alpha value is -7.24. The molecule has 3 aliphatic rings.